The largest absolute Gasteiger partial charge is 0.477 e. The van der Waals surface area contributed by atoms with Crippen LogP contribution in [0.25, 0.3) is 0 Å². The SMILES string of the molecule is C[C@H](O[Si](C)(C)C(C)(C)C)[C@@H]1C(=O)N2C(C(=S)OCc3ccc([N+](=O)[O-])cc3)=C(CC(=O)N3CCOCC3)S[C@H]12. The Morgan fingerprint density at radius 2 is 1.88 bits per heavy atom. The molecule has 0 aromatic heterocycles. The number of hydrogen-bond donors (Lipinski definition) is 0. The van der Waals surface area contributed by atoms with Gasteiger partial charge in [0.15, 0.2) is 8.32 Å². The van der Waals surface area contributed by atoms with Crippen LogP contribution in [0.1, 0.15) is 39.7 Å². The maximum Gasteiger partial charge on any atom is 0.269 e. The van der Waals surface area contributed by atoms with E-state index in [9.17, 15) is 19.7 Å². The van der Waals surface area contributed by atoms with Crippen molar-refractivity contribution < 1.29 is 28.4 Å². The van der Waals surface area contributed by atoms with Crippen LogP contribution in [0.5, 0.6) is 0 Å². The van der Waals surface area contributed by atoms with Crippen LogP contribution in [0.4, 0.5) is 5.69 Å². The number of nitro benzene ring substituents is 1. The molecule has 3 aliphatic rings. The van der Waals surface area contributed by atoms with Gasteiger partial charge in [-0.25, -0.2) is 0 Å². The first-order chi connectivity index (χ1) is 18.7. The number of hydrogen-bond acceptors (Lipinski definition) is 9. The predicted octanol–water partition coefficient (Wildman–Crippen LogP) is 4.84. The van der Waals surface area contributed by atoms with Gasteiger partial charge in [-0.2, -0.15) is 0 Å². The third-order valence-electron chi connectivity index (χ3n) is 8.03. The first-order valence-electron chi connectivity index (χ1n) is 13.4. The Morgan fingerprint density at radius 1 is 1.25 bits per heavy atom. The molecule has 0 spiro atoms. The van der Waals surface area contributed by atoms with Gasteiger partial charge in [0.25, 0.3) is 5.69 Å². The molecule has 2 fully saturated rings. The van der Waals surface area contributed by atoms with Crippen LogP contribution in [-0.2, 0) is 30.1 Å². The number of non-ortho nitro benzene ring substituents is 1. The average Bonchev–Trinajstić information content (AvgIpc) is 3.20. The fourth-order valence-electron chi connectivity index (χ4n) is 4.66. The maximum absolute atomic E-state index is 13.6. The molecule has 0 aliphatic carbocycles. The van der Waals surface area contributed by atoms with Gasteiger partial charge in [-0.3, -0.25) is 24.6 Å². The fraction of sp³-hybridized carbons (Fsp3) is 0.593. The minimum absolute atomic E-state index is 0.00296. The number of nitro groups is 1. The molecule has 2 saturated heterocycles. The smallest absolute Gasteiger partial charge is 0.269 e. The van der Waals surface area contributed by atoms with Crippen LogP contribution in [-0.4, -0.2) is 77.7 Å². The van der Waals surface area contributed by atoms with Gasteiger partial charge < -0.3 is 18.8 Å². The van der Waals surface area contributed by atoms with Gasteiger partial charge in [0.05, 0.1) is 36.6 Å². The minimum Gasteiger partial charge on any atom is -0.477 e. The number of rotatable bonds is 9. The van der Waals surface area contributed by atoms with E-state index < -0.39 is 13.2 Å². The first kappa shape index (κ1) is 30.6. The summed E-state index contributed by atoms with van der Waals surface area (Å²) in [6.45, 7) is 14.9. The number of amides is 2. The summed E-state index contributed by atoms with van der Waals surface area (Å²) in [5.41, 5.74) is 1.15. The number of β-lactam (4-membered cyclic amide) rings is 1. The summed E-state index contributed by atoms with van der Waals surface area (Å²) in [6, 6.07) is 6.02. The molecule has 3 heterocycles. The van der Waals surface area contributed by atoms with Crippen LogP contribution < -0.4 is 0 Å². The maximum atomic E-state index is 13.6. The normalized spacial score (nSPS) is 22.1. The Hall–Kier alpha value is -2.32. The van der Waals surface area contributed by atoms with Crippen LogP contribution in [0.2, 0.25) is 18.1 Å². The molecule has 40 heavy (non-hydrogen) atoms. The van der Waals surface area contributed by atoms with E-state index in [4.69, 9.17) is 26.1 Å². The van der Waals surface area contributed by atoms with E-state index >= 15 is 0 Å². The second kappa shape index (κ2) is 11.9. The number of benzene rings is 1. The van der Waals surface area contributed by atoms with Gasteiger partial charge >= 0.3 is 0 Å². The topological polar surface area (TPSA) is 111 Å². The molecule has 218 valence electrons. The van der Waals surface area contributed by atoms with Gasteiger partial charge in [-0.15, -0.1) is 11.8 Å². The highest BCUT2D eigenvalue weighted by molar-refractivity contribution is 8.04. The summed E-state index contributed by atoms with van der Waals surface area (Å²) in [4.78, 5) is 41.4. The Bertz CT molecular complexity index is 1210. The molecular formula is C27H37N3O7S2Si. The number of nitrogens with zero attached hydrogens (tertiary/aromatic N) is 3. The second-order valence-corrected chi connectivity index (χ2v) is 18.1. The molecule has 1 aromatic carbocycles. The highest BCUT2D eigenvalue weighted by Crippen LogP contribution is 2.53. The van der Waals surface area contributed by atoms with Gasteiger partial charge in [0.2, 0.25) is 16.9 Å². The van der Waals surface area contributed by atoms with Crippen molar-refractivity contribution in [2.75, 3.05) is 26.3 Å². The molecule has 3 atom stereocenters. The molecule has 0 radical (unpaired) electrons. The number of ether oxygens (including phenoxy) is 2. The van der Waals surface area contributed by atoms with Crippen LogP contribution in [0.3, 0.4) is 0 Å². The van der Waals surface area contributed by atoms with E-state index in [0.717, 1.165) is 0 Å². The molecule has 10 nitrogen and oxygen atoms in total. The molecule has 0 saturated carbocycles. The van der Waals surface area contributed by atoms with Crippen molar-refractivity contribution in [3.8, 4) is 0 Å². The van der Waals surface area contributed by atoms with Crippen LogP contribution in [0.15, 0.2) is 34.9 Å². The predicted molar refractivity (Wildman–Crippen MR) is 159 cm³/mol. The van der Waals surface area contributed by atoms with Crippen molar-refractivity contribution in [3.63, 3.8) is 0 Å². The molecule has 3 aliphatic heterocycles. The third kappa shape index (κ3) is 6.28. The highest BCUT2D eigenvalue weighted by atomic mass is 32.2. The van der Waals surface area contributed by atoms with Crippen LogP contribution >= 0.6 is 24.0 Å². The number of thiocarbonyl (C=S) groups is 1. The fourth-order valence-corrected chi connectivity index (χ4v) is 8.04. The summed E-state index contributed by atoms with van der Waals surface area (Å²) in [7, 11) is -2.11. The Labute approximate surface area is 245 Å². The first-order valence-corrected chi connectivity index (χ1v) is 17.6. The summed E-state index contributed by atoms with van der Waals surface area (Å²) >= 11 is 7.15. The van der Waals surface area contributed by atoms with Crippen molar-refractivity contribution in [3.05, 3.63) is 50.5 Å². The lowest BCUT2D eigenvalue weighted by Crippen LogP contribution is -2.62. The Balaban J connectivity index is 1.52. The lowest BCUT2D eigenvalue weighted by atomic mass is 9.92. The second-order valence-electron chi connectivity index (χ2n) is 11.8. The zero-order valence-electron chi connectivity index (χ0n) is 23.8. The lowest BCUT2D eigenvalue weighted by Gasteiger charge is -2.48. The number of carbonyl (C=O) groups is 2. The molecule has 13 heteroatoms. The van der Waals surface area contributed by atoms with Gasteiger partial charge in [0, 0.05) is 30.1 Å². The van der Waals surface area contributed by atoms with Gasteiger partial charge in [-0.1, -0.05) is 20.8 Å². The molecule has 1 aromatic rings. The van der Waals surface area contributed by atoms with Crippen LogP contribution in [0, 0.1) is 16.0 Å². The Morgan fingerprint density at radius 3 is 2.45 bits per heavy atom. The van der Waals surface area contributed by atoms with E-state index in [1.807, 2.05) is 6.92 Å². The van der Waals surface area contributed by atoms with E-state index in [1.54, 1.807) is 21.9 Å². The van der Waals surface area contributed by atoms with E-state index in [2.05, 4.69) is 33.9 Å². The van der Waals surface area contributed by atoms with E-state index in [1.165, 1.54) is 23.9 Å². The molecular weight excluding hydrogens is 571 g/mol. The van der Waals surface area contributed by atoms with Gasteiger partial charge in [-0.05, 0) is 55.0 Å². The Kier molecular flexibility index (Phi) is 9.10. The summed E-state index contributed by atoms with van der Waals surface area (Å²) < 4.78 is 17.9. The van der Waals surface area contributed by atoms with Gasteiger partial charge in [0.1, 0.15) is 17.7 Å². The van der Waals surface area contributed by atoms with Crippen molar-refractivity contribution in [2.24, 2.45) is 5.92 Å². The van der Waals surface area contributed by atoms with E-state index in [0.29, 0.717) is 42.5 Å². The number of fused-ring (bicyclic) bond motifs is 1. The zero-order valence-corrected chi connectivity index (χ0v) is 26.4. The zero-order chi connectivity index (χ0) is 29.4. The standard InChI is InChI=1S/C27H37N3O7S2Si/c1-17(37-40(5,6)27(2,3)4)22-24(32)29-23(26(38)36-16-18-7-9-19(10-8-18)30(33)34)20(39-25(22)29)15-21(31)28-11-13-35-14-12-28/h7-10,17,22,25H,11-16H2,1-6H3/t17-,22+,25+/m0/s1. The number of thioether (sulfide) groups is 1. The highest BCUT2D eigenvalue weighted by Gasteiger charge is 2.58. The lowest BCUT2D eigenvalue weighted by molar-refractivity contribution is -0.384. The molecule has 0 bridgehead atoms. The number of carbonyl (C=O) groups excluding carboxylic acids is 2. The summed E-state index contributed by atoms with van der Waals surface area (Å²) in [5.74, 6) is -0.491. The minimum atomic E-state index is -2.11. The quantitative estimate of drug-likeness (QED) is 0.128. The van der Waals surface area contributed by atoms with Crippen molar-refractivity contribution in [1.82, 2.24) is 9.80 Å². The molecule has 4 rings (SSSR count). The molecule has 2 amide bonds. The van der Waals surface area contributed by atoms with Crippen molar-refractivity contribution in [2.45, 2.75) is 70.3 Å². The summed E-state index contributed by atoms with van der Waals surface area (Å²) in [5, 5.41) is 10.9. The molecule has 0 unspecified atom stereocenters. The van der Waals surface area contributed by atoms with Crippen molar-refractivity contribution in [1.29, 1.82) is 0 Å². The van der Waals surface area contributed by atoms with E-state index in [-0.39, 0.29) is 58.0 Å². The van der Waals surface area contributed by atoms with Crippen molar-refractivity contribution >= 4 is 54.8 Å². The molecule has 0 N–H and O–H groups in total. The number of morpholine rings is 1. The third-order valence-corrected chi connectivity index (χ3v) is 14.3. The average molecular weight is 608 g/mol. The summed E-state index contributed by atoms with van der Waals surface area (Å²) in [6.07, 6.45) is -0.168. The monoisotopic (exact) mass is 607 g/mol.